The Morgan fingerprint density at radius 1 is 1.21 bits per heavy atom. The van der Waals surface area contributed by atoms with Gasteiger partial charge in [0, 0.05) is 11.9 Å². The molecule has 1 aliphatic rings. The molecule has 0 spiro atoms. The second kappa shape index (κ2) is 8.64. The summed E-state index contributed by atoms with van der Waals surface area (Å²) in [5.74, 6) is 0.662. The van der Waals surface area contributed by atoms with Crippen molar-refractivity contribution in [2.24, 2.45) is 5.14 Å². The molecule has 0 saturated heterocycles. The van der Waals surface area contributed by atoms with E-state index in [1.807, 2.05) is 24.3 Å². The smallest absolute Gasteiger partial charge is 0.267 e. The maximum atomic E-state index is 12.2. The van der Waals surface area contributed by atoms with Crippen LogP contribution in [-0.2, 0) is 14.8 Å². The fraction of sp³-hybridized carbons (Fsp3) is 0.158. The molecular formula is C19H18N4O5S. The largest absolute Gasteiger partial charge is 0.486 e. The number of nitrogens with two attached hydrogens (primary N) is 1. The number of carbonyl (C=O) groups is 1. The van der Waals surface area contributed by atoms with Gasteiger partial charge in [-0.15, -0.1) is 0 Å². The zero-order valence-electron chi connectivity index (χ0n) is 15.2. The van der Waals surface area contributed by atoms with Crippen LogP contribution in [0.2, 0.25) is 0 Å². The highest BCUT2D eigenvalue weighted by Gasteiger charge is 2.20. The summed E-state index contributed by atoms with van der Waals surface area (Å²) in [5, 5.41) is 19.6. The number of benzene rings is 2. The predicted molar refractivity (Wildman–Crippen MR) is 104 cm³/mol. The van der Waals surface area contributed by atoms with Crippen LogP contribution < -0.4 is 25.2 Å². The van der Waals surface area contributed by atoms with Gasteiger partial charge < -0.3 is 20.1 Å². The van der Waals surface area contributed by atoms with Gasteiger partial charge in [-0.2, -0.15) is 5.26 Å². The van der Waals surface area contributed by atoms with E-state index in [1.54, 1.807) is 6.07 Å². The van der Waals surface area contributed by atoms with Crippen LogP contribution in [0.25, 0.3) is 0 Å². The zero-order chi connectivity index (χ0) is 20.9. The van der Waals surface area contributed by atoms with Gasteiger partial charge in [0.1, 0.15) is 24.4 Å². The Bertz CT molecular complexity index is 1070. The summed E-state index contributed by atoms with van der Waals surface area (Å²) in [6, 6.07) is 14.4. The number of amides is 1. The molecule has 0 saturated carbocycles. The van der Waals surface area contributed by atoms with Crippen molar-refractivity contribution in [1.29, 1.82) is 5.26 Å². The average molecular weight is 414 g/mol. The molecule has 29 heavy (non-hydrogen) atoms. The molecule has 9 nitrogen and oxygen atoms in total. The molecule has 10 heteroatoms. The van der Waals surface area contributed by atoms with Gasteiger partial charge in [-0.1, -0.05) is 12.1 Å². The molecule has 2 aromatic rings. The van der Waals surface area contributed by atoms with Crippen molar-refractivity contribution in [1.82, 2.24) is 5.32 Å². The fourth-order valence-corrected chi connectivity index (χ4v) is 3.05. The first-order chi connectivity index (χ1) is 13.9. The number of nitrogens with zero attached hydrogens (tertiary/aromatic N) is 1. The van der Waals surface area contributed by atoms with Gasteiger partial charge in [-0.25, -0.2) is 13.6 Å². The van der Waals surface area contributed by atoms with E-state index in [1.165, 1.54) is 30.5 Å². The second-order valence-corrected chi connectivity index (χ2v) is 7.66. The molecule has 3 rings (SSSR count). The highest BCUT2D eigenvalue weighted by molar-refractivity contribution is 7.89. The number of fused-ring (bicyclic) bond motifs is 1. The highest BCUT2D eigenvalue weighted by Crippen LogP contribution is 2.30. The molecule has 1 aliphatic heterocycles. The number of hydrogen-bond donors (Lipinski definition) is 3. The number of rotatable bonds is 6. The molecule has 4 N–H and O–H groups in total. The van der Waals surface area contributed by atoms with E-state index in [2.05, 4.69) is 10.6 Å². The van der Waals surface area contributed by atoms with Crippen molar-refractivity contribution >= 4 is 21.6 Å². The van der Waals surface area contributed by atoms with Crippen molar-refractivity contribution in [3.05, 3.63) is 60.3 Å². The minimum atomic E-state index is -3.82. The average Bonchev–Trinajstić information content (AvgIpc) is 2.70. The van der Waals surface area contributed by atoms with E-state index >= 15 is 0 Å². The van der Waals surface area contributed by atoms with Crippen molar-refractivity contribution in [2.75, 3.05) is 18.5 Å². The number of hydrogen-bond acceptors (Lipinski definition) is 7. The molecule has 1 heterocycles. The Morgan fingerprint density at radius 2 is 1.90 bits per heavy atom. The number of ether oxygens (including phenoxy) is 2. The summed E-state index contributed by atoms with van der Waals surface area (Å²) in [5.41, 5.74) is 0.168. The zero-order valence-corrected chi connectivity index (χ0v) is 16.0. The summed E-state index contributed by atoms with van der Waals surface area (Å²) in [6.45, 7) is 0.665. The number of nitrogens with one attached hydrogen (secondary N) is 2. The first-order valence-electron chi connectivity index (χ1n) is 8.53. The van der Waals surface area contributed by atoms with Gasteiger partial charge in [-0.05, 0) is 36.4 Å². The van der Waals surface area contributed by atoms with Crippen LogP contribution in [0.3, 0.4) is 0 Å². The first-order valence-corrected chi connectivity index (χ1v) is 10.1. The van der Waals surface area contributed by atoms with Gasteiger partial charge in [0.25, 0.3) is 5.91 Å². The van der Waals surface area contributed by atoms with E-state index in [-0.39, 0.29) is 16.6 Å². The Kier molecular flexibility index (Phi) is 6.01. The fourth-order valence-electron chi connectivity index (χ4n) is 2.53. The molecule has 0 aliphatic carbocycles. The van der Waals surface area contributed by atoms with Crippen LogP contribution in [0.1, 0.15) is 0 Å². The maximum Gasteiger partial charge on any atom is 0.267 e. The molecule has 0 radical (unpaired) electrons. The third-order valence-electron chi connectivity index (χ3n) is 3.97. The molecule has 1 amide bonds. The van der Waals surface area contributed by atoms with Crippen LogP contribution in [0.15, 0.2) is 65.2 Å². The number of primary sulfonamides is 1. The number of carbonyl (C=O) groups excluding carboxylic acids is 1. The molecule has 1 atom stereocenters. The van der Waals surface area contributed by atoms with Gasteiger partial charge in [-0.3, -0.25) is 4.79 Å². The lowest BCUT2D eigenvalue weighted by atomic mass is 10.2. The second-order valence-electron chi connectivity index (χ2n) is 6.10. The molecule has 0 aromatic heterocycles. The lowest BCUT2D eigenvalue weighted by Gasteiger charge is -2.26. The molecule has 0 bridgehead atoms. The van der Waals surface area contributed by atoms with Crippen LogP contribution in [0.4, 0.5) is 5.69 Å². The number of anilines is 1. The van der Waals surface area contributed by atoms with Crippen LogP contribution in [-0.4, -0.2) is 33.6 Å². The summed E-state index contributed by atoms with van der Waals surface area (Å²) in [4.78, 5) is 12.2. The molecule has 1 unspecified atom stereocenters. The Balaban J connectivity index is 1.56. The summed E-state index contributed by atoms with van der Waals surface area (Å²) >= 11 is 0. The van der Waals surface area contributed by atoms with Crippen molar-refractivity contribution in [2.45, 2.75) is 11.0 Å². The van der Waals surface area contributed by atoms with E-state index in [0.717, 1.165) is 0 Å². The molecule has 2 aromatic carbocycles. The van der Waals surface area contributed by atoms with Gasteiger partial charge in [0.2, 0.25) is 10.0 Å². The van der Waals surface area contributed by atoms with Gasteiger partial charge >= 0.3 is 0 Å². The molecule has 0 fully saturated rings. The standard InChI is InChI=1S/C19H18N4O5S/c20-9-13(19(24)23-14-5-7-16(8-6-14)29(21,25)26)10-22-11-15-12-27-17-3-1-2-4-18(17)28-15/h1-8,10,15,22H,11-12H2,(H,23,24)(H2,21,25,26)/b13-10-. The summed E-state index contributed by atoms with van der Waals surface area (Å²) in [7, 11) is -3.82. The monoisotopic (exact) mass is 414 g/mol. The topological polar surface area (TPSA) is 144 Å². The molecule has 150 valence electrons. The van der Waals surface area contributed by atoms with E-state index in [4.69, 9.17) is 14.6 Å². The SMILES string of the molecule is N#C/C(=C/NCC1COc2ccccc2O1)C(=O)Nc1ccc(S(N)(=O)=O)cc1. The van der Waals surface area contributed by atoms with Gasteiger partial charge in [0.05, 0.1) is 11.4 Å². The van der Waals surface area contributed by atoms with Crippen molar-refractivity contribution in [3.8, 4) is 17.6 Å². The van der Waals surface area contributed by atoms with E-state index < -0.39 is 15.9 Å². The van der Waals surface area contributed by atoms with E-state index in [0.29, 0.717) is 30.3 Å². The van der Waals surface area contributed by atoms with Crippen molar-refractivity contribution < 1.29 is 22.7 Å². The van der Waals surface area contributed by atoms with Crippen LogP contribution in [0.5, 0.6) is 11.5 Å². The minimum Gasteiger partial charge on any atom is -0.486 e. The predicted octanol–water partition coefficient (Wildman–Crippen LogP) is 1.11. The van der Waals surface area contributed by atoms with Crippen molar-refractivity contribution in [3.63, 3.8) is 0 Å². The highest BCUT2D eigenvalue weighted by atomic mass is 32.2. The van der Waals surface area contributed by atoms with Gasteiger partial charge in [0.15, 0.2) is 11.5 Å². The lowest BCUT2D eigenvalue weighted by molar-refractivity contribution is -0.112. The first kappa shape index (κ1) is 20.2. The molecular weight excluding hydrogens is 396 g/mol. The quantitative estimate of drug-likeness (QED) is 0.474. The van der Waals surface area contributed by atoms with E-state index in [9.17, 15) is 18.5 Å². The Morgan fingerprint density at radius 3 is 2.55 bits per heavy atom. The lowest BCUT2D eigenvalue weighted by Crippen LogP contribution is -2.37. The number of sulfonamides is 1. The van der Waals surface area contributed by atoms with Crippen LogP contribution >= 0.6 is 0 Å². The Labute approximate surface area is 167 Å². The maximum absolute atomic E-state index is 12.2. The third-order valence-corrected chi connectivity index (χ3v) is 4.89. The summed E-state index contributed by atoms with van der Waals surface area (Å²) < 4.78 is 33.9. The third kappa shape index (κ3) is 5.25. The van der Waals surface area contributed by atoms with Crippen LogP contribution in [0, 0.1) is 11.3 Å². The number of nitriles is 1. The number of para-hydroxylation sites is 2. The minimum absolute atomic E-state index is 0.0792. The Hall–Kier alpha value is -3.55. The normalized spacial score (nSPS) is 15.9. The summed E-state index contributed by atoms with van der Waals surface area (Å²) in [6.07, 6.45) is 1.01.